The van der Waals surface area contributed by atoms with E-state index in [0.29, 0.717) is 40.7 Å². The number of ether oxygens (including phenoxy) is 3. The van der Waals surface area contributed by atoms with Crippen LogP contribution < -0.4 is 19.5 Å². The van der Waals surface area contributed by atoms with Crippen molar-refractivity contribution in [1.82, 2.24) is 0 Å². The van der Waals surface area contributed by atoms with E-state index < -0.39 is 5.92 Å². The number of hydrogen-bond donors (Lipinski definition) is 1. The van der Waals surface area contributed by atoms with Gasteiger partial charge in [-0.25, -0.2) is 0 Å². The summed E-state index contributed by atoms with van der Waals surface area (Å²) in [6, 6.07) is 10.4. The molecule has 2 aromatic rings. The standard InChI is InChI=1S/C22H25NO5/c1-4-5-6-10-17-21(24)18-12-16(27-3)13-19(20(18)23-22(17)25)28-15-9-7-8-14(11-15)26-2/h7-9,11-13,17H,4-6,10H2,1-3H3,(H,23,25). The van der Waals surface area contributed by atoms with Gasteiger partial charge in [0.2, 0.25) is 5.91 Å². The Balaban J connectivity index is 1.95. The Labute approximate surface area is 164 Å². The number of unbranched alkanes of at least 4 members (excludes halogenated alkanes) is 2. The van der Waals surface area contributed by atoms with E-state index in [1.807, 2.05) is 0 Å². The maximum Gasteiger partial charge on any atom is 0.235 e. The van der Waals surface area contributed by atoms with Crippen LogP contribution in [0.3, 0.4) is 0 Å². The van der Waals surface area contributed by atoms with E-state index >= 15 is 0 Å². The molecule has 0 aromatic heterocycles. The Morgan fingerprint density at radius 2 is 1.71 bits per heavy atom. The summed E-state index contributed by atoms with van der Waals surface area (Å²) in [5, 5.41) is 2.86. The van der Waals surface area contributed by atoms with Gasteiger partial charge in [0, 0.05) is 17.7 Å². The summed E-state index contributed by atoms with van der Waals surface area (Å²) in [6.07, 6.45) is 3.41. The lowest BCUT2D eigenvalue weighted by Gasteiger charge is -2.26. The SMILES string of the molecule is CCCCCC1C(=O)Nc2c(Oc3cccc(OC)c3)cc(OC)cc2C1=O. The molecule has 0 saturated carbocycles. The van der Waals surface area contributed by atoms with Gasteiger partial charge in [0.1, 0.15) is 23.2 Å². The number of carbonyl (C=O) groups excluding carboxylic acids is 2. The summed E-state index contributed by atoms with van der Waals surface area (Å²) in [5.41, 5.74) is 0.795. The highest BCUT2D eigenvalue weighted by atomic mass is 16.5. The summed E-state index contributed by atoms with van der Waals surface area (Å²) in [5.74, 6) is 0.881. The maximum absolute atomic E-state index is 13.0. The number of fused-ring (bicyclic) bond motifs is 1. The molecule has 28 heavy (non-hydrogen) atoms. The van der Waals surface area contributed by atoms with Crippen LogP contribution in [0.2, 0.25) is 0 Å². The second kappa shape index (κ2) is 8.78. The first-order chi connectivity index (χ1) is 13.6. The third kappa shape index (κ3) is 4.11. The van der Waals surface area contributed by atoms with Gasteiger partial charge in [-0.1, -0.05) is 32.3 Å². The van der Waals surface area contributed by atoms with Crippen LogP contribution in [0.5, 0.6) is 23.0 Å². The van der Waals surface area contributed by atoms with E-state index in [9.17, 15) is 9.59 Å². The lowest BCUT2D eigenvalue weighted by Crippen LogP contribution is -2.35. The molecule has 0 fully saturated rings. The first-order valence-corrected chi connectivity index (χ1v) is 9.46. The summed E-state index contributed by atoms with van der Waals surface area (Å²) in [7, 11) is 3.10. The number of carbonyl (C=O) groups is 2. The lowest BCUT2D eigenvalue weighted by molar-refractivity contribution is -0.119. The van der Waals surface area contributed by atoms with Crippen LogP contribution in [0.1, 0.15) is 43.0 Å². The number of Topliss-reactive ketones (excluding diaryl/α,β-unsaturated/α-hetero) is 1. The van der Waals surface area contributed by atoms with Crippen LogP contribution in [-0.2, 0) is 4.79 Å². The highest BCUT2D eigenvalue weighted by Gasteiger charge is 2.36. The minimum absolute atomic E-state index is 0.191. The van der Waals surface area contributed by atoms with Crippen molar-refractivity contribution in [2.24, 2.45) is 5.92 Å². The molecule has 1 amide bonds. The third-order valence-corrected chi connectivity index (χ3v) is 4.82. The Morgan fingerprint density at radius 3 is 2.43 bits per heavy atom. The number of benzene rings is 2. The van der Waals surface area contributed by atoms with Gasteiger partial charge in [0.05, 0.1) is 19.9 Å². The van der Waals surface area contributed by atoms with Gasteiger partial charge in [-0.15, -0.1) is 0 Å². The molecule has 0 aliphatic carbocycles. The van der Waals surface area contributed by atoms with E-state index in [4.69, 9.17) is 14.2 Å². The highest BCUT2D eigenvalue weighted by molar-refractivity contribution is 6.21. The van der Waals surface area contributed by atoms with Gasteiger partial charge in [-0.3, -0.25) is 9.59 Å². The quantitative estimate of drug-likeness (QED) is 0.522. The van der Waals surface area contributed by atoms with Crippen LogP contribution in [-0.4, -0.2) is 25.9 Å². The molecular formula is C22H25NO5. The Bertz CT molecular complexity index is 877. The predicted molar refractivity (Wildman–Crippen MR) is 107 cm³/mol. The summed E-state index contributed by atoms with van der Waals surface area (Å²) in [4.78, 5) is 25.6. The fourth-order valence-electron chi connectivity index (χ4n) is 3.28. The minimum Gasteiger partial charge on any atom is -0.497 e. The predicted octanol–water partition coefficient (Wildman–Crippen LogP) is 4.83. The van der Waals surface area contributed by atoms with E-state index in [1.54, 1.807) is 43.5 Å². The molecule has 148 valence electrons. The summed E-state index contributed by atoms with van der Waals surface area (Å²) >= 11 is 0. The molecule has 1 atom stereocenters. The van der Waals surface area contributed by atoms with Gasteiger partial charge < -0.3 is 19.5 Å². The molecular weight excluding hydrogens is 358 g/mol. The number of anilines is 1. The Morgan fingerprint density at radius 1 is 0.964 bits per heavy atom. The van der Waals surface area contributed by atoms with Crippen molar-refractivity contribution in [2.45, 2.75) is 32.6 Å². The fourth-order valence-corrected chi connectivity index (χ4v) is 3.28. The number of methoxy groups -OCH3 is 2. The molecule has 1 aliphatic heterocycles. The molecule has 0 spiro atoms. The zero-order chi connectivity index (χ0) is 20.1. The van der Waals surface area contributed by atoms with Crippen molar-refractivity contribution in [1.29, 1.82) is 0 Å². The summed E-state index contributed by atoms with van der Waals surface area (Å²) < 4.78 is 16.5. The van der Waals surface area contributed by atoms with E-state index in [2.05, 4.69) is 12.2 Å². The van der Waals surface area contributed by atoms with Crippen LogP contribution in [0.25, 0.3) is 0 Å². The van der Waals surface area contributed by atoms with Crippen molar-refractivity contribution in [2.75, 3.05) is 19.5 Å². The Hall–Kier alpha value is -3.02. The molecule has 6 nitrogen and oxygen atoms in total. The normalized spacial score (nSPS) is 15.6. The second-order valence-electron chi connectivity index (χ2n) is 6.73. The fraction of sp³-hybridized carbons (Fsp3) is 0.364. The highest BCUT2D eigenvalue weighted by Crippen LogP contribution is 2.41. The number of rotatable bonds is 8. The van der Waals surface area contributed by atoms with Gasteiger partial charge in [-0.2, -0.15) is 0 Å². The van der Waals surface area contributed by atoms with Gasteiger partial charge in [0.25, 0.3) is 0 Å². The first-order valence-electron chi connectivity index (χ1n) is 9.46. The monoisotopic (exact) mass is 383 g/mol. The summed E-state index contributed by atoms with van der Waals surface area (Å²) in [6.45, 7) is 2.09. The van der Waals surface area contributed by atoms with Crippen molar-refractivity contribution in [3.05, 3.63) is 42.0 Å². The molecule has 6 heteroatoms. The van der Waals surface area contributed by atoms with Crippen molar-refractivity contribution >= 4 is 17.4 Å². The molecule has 0 bridgehead atoms. The molecule has 1 N–H and O–H groups in total. The van der Waals surface area contributed by atoms with E-state index in [-0.39, 0.29) is 11.7 Å². The molecule has 1 heterocycles. The van der Waals surface area contributed by atoms with Crippen molar-refractivity contribution in [3.8, 4) is 23.0 Å². The molecule has 1 aliphatic rings. The molecule has 2 aromatic carbocycles. The van der Waals surface area contributed by atoms with Gasteiger partial charge in [-0.05, 0) is 24.6 Å². The van der Waals surface area contributed by atoms with E-state index in [1.165, 1.54) is 7.11 Å². The van der Waals surface area contributed by atoms with Crippen molar-refractivity contribution < 1.29 is 23.8 Å². The Kier molecular flexibility index (Phi) is 6.19. The van der Waals surface area contributed by atoms with E-state index in [0.717, 1.165) is 19.3 Å². The second-order valence-corrected chi connectivity index (χ2v) is 6.73. The number of ketones is 1. The molecule has 1 unspecified atom stereocenters. The number of amides is 1. The first kappa shape index (κ1) is 19.7. The van der Waals surface area contributed by atoms with Crippen molar-refractivity contribution in [3.63, 3.8) is 0 Å². The van der Waals surface area contributed by atoms with Crippen LogP contribution in [0.4, 0.5) is 5.69 Å². The van der Waals surface area contributed by atoms with Gasteiger partial charge in [0.15, 0.2) is 11.5 Å². The smallest absolute Gasteiger partial charge is 0.235 e. The number of hydrogen-bond acceptors (Lipinski definition) is 5. The topological polar surface area (TPSA) is 73.9 Å². The largest absolute Gasteiger partial charge is 0.497 e. The third-order valence-electron chi connectivity index (χ3n) is 4.82. The average Bonchev–Trinajstić information content (AvgIpc) is 2.71. The van der Waals surface area contributed by atoms with Crippen LogP contribution in [0, 0.1) is 5.92 Å². The molecule has 0 saturated heterocycles. The van der Waals surface area contributed by atoms with Gasteiger partial charge >= 0.3 is 0 Å². The zero-order valence-electron chi connectivity index (χ0n) is 16.4. The maximum atomic E-state index is 13.0. The molecule has 3 rings (SSSR count). The lowest BCUT2D eigenvalue weighted by atomic mass is 9.87. The van der Waals surface area contributed by atoms with Crippen LogP contribution >= 0.6 is 0 Å². The number of nitrogens with one attached hydrogen (secondary N) is 1. The average molecular weight is 383 g/mol. The zero-order valence-corrected chi connectivity index (χ0v) is 16.4. The molecule has 0 radical (unpaired) electrons. The van der Waals surface area contributed by atoms with Crippen LogP contribution in [0.15, 0.2) is 36.4 Å². The minimum atomic E-state index is -0.671.